The van der Waals surface area contributed by atoms with Gasteiger partial charge in [-0.2, -0.15) is 0 Å². The summed E-state index contributed by atoms with van der Waals surface area (Å²) >= 11 is 2.73. The molecule has 0 spiro atoms. The average Bonchev–Trinajstić information content (AvgIpc) is 3.40. The fourth-order valence-electron chi connectivity index (χ4n) is 5.22. The SMILES string of the molecule is CC1CCc2c(sc(NC(=O)c3cccc(C(=O)Nc4sc5c(c4C(N)=O)CCC(C)C5)n3)c2C(N)=O)C1. The summed E-state index contributed by atoms with van der Waals surface area (Å²) in [6.07, 6.45) is 5.07. The van der Waals surface area contributed by atoms with Gasteiger partial charge in [-0.05, 0) is 73.6 Å². The minimum absolute atomic E-state index is 0.0160. The van der Waals surface area contributed by atoms with Crippen LogP contribution in [0.15, 0.2) is 18.2 Å². The molecule has 2 atom stereocenters. The quantitative estimate of drug-likeness (QED) is 0.362. The molecule has 6 N–H and O–H groups in total. The van der Waals surface area contributed by atoms with Crippen molar-refractivity contribution in [2.45, 2.75) is 52.4 Å². The van der Waals surface area contributed by atoms with Gasteiger partial charge in [0.15, 0.2) is 0 Å². The van der Waals surface area contributed by atoms with Gasteiger partial charge in [0.25, 0.3) is 23.6 Å². The third-order valence-electron chi connectivity index (χ3n) is 7.18. The summed E-state index contributed by atoms with van der Waals surface area (Å²) < 4.78 is 0. The molecule has 0 aromatic carbocycles. The topological polar surface area (TPSA) is 157 Å². The van der Waals surface area contributed by atoms with Gasteiger partial charge in [0, 0.05) is 9.75 Å². The van der Waals surface area contributed by atoms with Crippen LogP contribution in [0.4, 0.5) is 10.0 Å². The van der Waals surface area contributed by atoms with E-state index in [1.165, 1.54) is 34.8 Å². The van der Waals surface area contributed by atoms with Gasteiger partial charge in [0.05, 0.1) is 11.1 Å². The van der Waals surface area contributed by atoms with Gasteiger partial charge in [-0.1, -0.05) is 19.9 Å². The number of nitrogens with one attached hydrogen (secondary N) is 2. The Labute approximate surface area is 228 Å². The van der Waals surface area contributed by atoms with Crippen LogP contribution in [0.2, 0.25) is 0 Å². The molecule has 2 aliphatic rings. The summed E-state index contributed by atoms with van der Waals surface area (Å²) in [6.45, 7) is 4.31. The van der Waals surface area contributed by atoms with Crippen LogP contribution < -0.4 is 22.1 Å². The number of carbonyl (C=O) groups excluding carboxylic acids is 4. The zero-order chi connectivity index (χ0) is 27.1. The maximum Gasteiger partial charge on any atom is 0.274 e. The molecule has 0 saturated carbocycles. The fourth-order valence-corrected chi connectivity index (χ4v) is 8.04. The second-order valence-corrected chi connectivity index (χ2v) is 12.4. The predicted molar refractivity (Wildman–Crippen MR) is 148 cm³/mol. The van der Waals surface area contributed by atoms with Gasteiger partial charge in [-0.25, -0.2) is 4.98 Å². The lowest BCUT2D eigenvalue weighted by atomic mass is 9.88. The molecule has 0 aliphatic heterocycles. The second-order valence-electron chi connectivity index (χ2n) is 10.2. The number of nitrogens with zero attached hydrogens (tertiary/aromatic N) is 1. The molecule has 2 unspecified atom stereocenters. The number of amides is 4. The molecular weight excluding hydrogens is 522 g/mol. The predicted octanol–water partition coefficient (Wildman–Crippen LogP) is 4.16. The van der Waals surface area contributed by atoms with Crippen LogP contribution in [0.5, 0.6) is 0 Å². The van der Waals surface area contributed by atoms with Gasteiger partial charge in [-0.3, -0.25) is 19.2 Å². The first-order chi connectivity index (χ1) is 18.1. The Balaban J connectivity index is 1.37. The summed E-state index contributed by atoms with van der Waals surface area (Å²) in [5, 5.41) is 6.38. The highest BCUT2D eigenvalue weighted by Crippen LogP contribution is 2.40. The molecule has 3 aromatic heterocycles. The molecule has 0 fully saturated rings. The van der Waals surface area contributed by atoms with E-state index in [1.807, 2.05) is 0 Å². The van der Waals surface area contributed by atoms with Crippen molar-refractivity contribution in [2.24, 2.45) is 23.3 Å². The molecule has 0 bridgehead atoms. The summed E-state index contributed by atoms with van der Waals surface area (Å²) in [4.78, 5) is 57.0. The van der Waals surface area contributed by atoms with E-state index >= 15 is 0 Å². The molecule has 0 saturated heterocycles. The van der Waals surface area contributed by atoms with Crippen molar-refractivity contribution in [3.05, 3.63) is 61.6 Å². The highest BCUT2D eigenvalue weighted by Gasteiger charge is 2.29. The van der Waals surface area contributed by atoms with Crippen LogP contribution >= 0.6 is 22.7 Å². The van der Waals surface area contributed by atoms with E-state index < -0.39 is 23.6 Å². The van der Waals surface area contributed by atoms with E-state index in [0.717, 1.165) is 59.4 Å². The lowest BCUT2D eigenvalue weighted by Gasteiger charge is -2.18. The maximum atomic E-state index is 13.1. The zero-order valence-corrected chi connectivity index (χ0v) is 22.8. The number of hydrogen-bond donors (Lipinski definition) is 4. The lowest BCUT2D eigenvalue weighted by Crippen LogP contribution is -2.22. The molecule has 38 heavy (non-hydrogen) atoms. The number of nitrogens with two attached hydrogens (primary N) is 2. The van der Waals surface area contributed by atoms with Crippen LogP contribution in [0.25, 0.3) is 0 Å². The third-order valence-corrected chi connectivity index (χ3v) is 9.52. The summed E-state index contributed by atoms with van der Waals surface area (Å²) in [5.74, 6) is -1.26. The van der Waals surface area contributed by atoms with E-state index in [9.17, 15) is 19.2 Å². The number of fused-ring (bicyclic) bond motifs is 2. The van der Waals surface area contributed by atoms with E-state index in [1.54, 1.807) is 6.07 Å². The number of thiophene rings is 2. The van der Waals surface area contributed by atoms with Crippen molar-refractivity contribution >= 4 is 56.3 Å². The Hall–Kier alpha value is -3.57. The number of aromatic nitrogens is 1. The third kappa shape index (κ3) is 4.95. The number of carbonyl (C=O) groups is 4. The maximum absolute atomic E-state index is 13.1. The lowest BCUT2D eigenvalue weighted by molar-refractivity contribution is 0.0990. The van der Waals surface area contributed by atoms with Gasteiger partial charge in [-0.15, -0.1) is 22.7 Å². The first-order valence-corrected chi connectivity index (χ1v) is 14.2. The molecule has 3 heterocycles. The van der Waals surface area contributed by atoms with Crippen LogP contribution in [0, 0.1) is 11.8 Å². The second kappa shape index (κ2) is 10.3. The number of pyridine rings is 1. The van der Waals surface area contributed by atoms with Gasteiger partial charge in [0.1, 0.15) is 21.4 Å². The Morgan fingerprint density at radius 1 is 0.789 bits per heavy atom. The largest absolute Gasteiger partial charge is 0.365 e. The molecule has 11 heteroatoms. The highest BCUT2D eigenvalue weighted by atomic mass is 32.1. The van der Waals surface area contributed by atoms with Crippen molar-refractivity contribution in [1.82, 2.24) is 4.98 Å². The number of primary amides is 2. The Kier molecular flexibility index (Phi) is 7.06. The van der Waals surface area contributed by atoms with E-state index in [0.29, 0.717) is 33.0 Å². The van der Waals surface area contributed by atoms with E-state index in [4.69, 9.17) is 11.5 Å². The highest BCUT2D eigenvalue weighted by molar-refractivity contribution is 7.17. The molecule has 3 aromatic rings. The molecule has 5 rings (SSSR count). The van der Waals surface area contributed by atoms with Crippen LogP contribution in [-0.2, 0) is 25.7 Å². The molecular formula is C27H29N5O4S2. The summed E-state index contributed by atoms with van der Waals surface area (Å²) in [6, 6.07) is 4.54. The Bertz CT molecular complexity index is 1370. The molecule has 9 nitrogen and oxygen atoms in total. The number of anilines is 2. The summed E-state index contributed by atoms with van der Waals surface area (Å²) in [5.41, 5.74) is 13.9. The minimum atomic E-state index is -0.577. The molecule has 4 amide bonds. The molecule has 2 aliphatic carbocycles. The minimum Gasteiger partial charge on any atom is -0.365 e. The van der Waals surface area contributed by atoms with E-state index in [2.05, 4.69) is 29.5 Å². The van der Waals surface area contributed by atoms with Crippen LogP contribution in [0.1, 0.15) is 89.3 Å². The summed E-state index contributed by atoms with van der Waals surface area (Å²) in [7, 11) is 0. The Morgan fingerprint density at radius 3 is 1.61 bits per heavy atom. The van der Waals surface area contributed by atoms with Crippen molar-refractivity contribution in [1.29, 1.82) is 0 Å². The Morgan fingerprint density at radius 2 is 1.21 bits per heavy atom. The first kappa shape index (κ1) is 26.1. The van der Waals surface area contributed by atoms with Crippen molar-refractivity contribution in [3.63, 3.8) is 0 Å². The zero-order valence-electron chi connectivity index (χ0n) is 21.2. The molecule has 198 valence electrons. The smallest absolute Gasteiger partial charge is 0.274 e. The first-order valence-electron chi connectivity index (χ1n) is 12.6. The van der Waals surface area contributed by atoms with Crippen LogP contribution in [-0.4, -0.2) is 28.6 Å². The fraction of sp³-hybridized carbons (Fsp3) is 0.370. The standard InChI is InChI=1S/C27H29N5O4S2/c1-12-6-8-14-18(10-12)37-26(20(14)22(28)33)31-24(35)16-4-3-5-17(30-16)25(36)32-27-21(23(29)34)15-9-7-13(2)11-19(15)38-27/h3-5,12-13H,6-11H2,1-2H3,(H2,28,33)(H2,29,34)(H,31,35)(H,32,36). The van der Waals surface area contributed by atoms with Crippen molar-refractivity contribution < 1.29 is 19.2 Å². The van der Waals surface area contributed by atoms with E-state index in [-0.39, 0.29) is 11.4 Å². The number of rotatable bonds is 6. The molecule has 0 radical (unpaired) electrons. The van der Waals surface area contributed by atoms with Gasteiger partial charge in [0.2, 0.25) is 0 Å². The van der Waals surface area contributed by atoms with Gasteiger partial charge < -0.3 is 22.1 Å². The van der Waals surface area contributed by atoms with Crippen LogP contribution in [0.3, 0.4) is 0 Å². The monoisotopic (exact) mass is 551 g/mol. The number of hydrogen-bond acceptors (Lipinski definition) is 7. The van der Waals surface area contributed by atoms with Crippen molar-refractivity contribution in [2.75, 3.05) is 10.6 Å². The van der Waals surface area contributed by atoms with Crippen molar-refractivity contribution in [3.8, 4) is 0 Å². The normalized spacial score (nSPS) is 18.3. The average molecular weight is 552 g/mol. The van der Waals surface area contributed by atoms with Gasteiger partial charge >= 0.3 is 0 Å².